The van der Waals surface area contributed by atoms with Crippen molar-refractivity contribution in [1.29, 1.82) is 0 Å². The molecule has 0 aromatic heterocycles. The lowest BCUT2D eigenvalue weighted by Crippen LogP contribution is -2.08. The van der Waals surface area contributed by atoms with Gasteiger partial charge in [-0.3, -0.25) is 4.79 Å². The van der Waals surface area contributed by atoms with Crippen LogP contribution in [-0.4, -0.2) is 12.9 Å². The molecule has 0 aliphatic rings. The molecule has 2 rings (SSSR count). The van der Waals surface area contributed by atoms with Gasteiger partial charge in [-0.25, -0.2) is 8.78 Å². The van der Waals surface area contributed by atoms with Crippen LogP contribution >= 0.6 is 0 Å². The van der Waals surface area contributed by atoms with Crippen molar-refractivity contribution in [1.82, 2.24) is 0 Å². The van der Waals surface area contributed by atoms with E-state index in [0.29, 0.717) is 11.3 Å². The maximum Gasteiger partial charge on any atom is 0.170 e. The third kappa shape index (κ3) is 3.02. The van der Waals surface area contributed by atoms with Gasteiger partial charge in [0.1, 0.15) is 17.4 Å². The van der Waals surface area contributed by atoms with Crippen LogP contribution in [0, 0.1) is 18.6 Å². The van der Waals surface area contributed by atoms with Crippen LogP contribution in [0.2, 0.25) is 0 Å². The summed E-state index contributed by atoms with van der Waals surface area (Å²) in [6.45, 7) is 1.89. The molecule has 0 bridgehead atoms. The van der Waals surface area contributed by atoms with E-state index in [9.17, 15) is 13.6 Å². The van der Waals surface area contributed by atoms with Crippen molar-refractivity contribution >= 4 is 5.78 Å². The summed E-state index contributed by atoms with van der Waals surface area (Å²) in [4.78, 5) is 12.1. The molecular weight excluding hydrogens is 262 g/mol. The molecule has 4 heteroatoms. The Kier molecular flexibility index (Phi) is 4.13. The summed E-state index contributed by atoms with van der Waals surface area (Å²) in [5.74, 6) is -1.28. The van der Waals surface area contributed by atoms with Crippen molar-refractivity contribution in [2.75, 3.05) is 7.11 Å². The predicted octanol–water partition coefficient (Wildman–Crippen LogP) is 3.71. The monoisotopic (exact) mass is 276 g/mol. The SMILES string of the molecule is COc1ccc(C)cc1CC(=O)c1cc(F)ccc1F. The standard InChI is InChI=1S/C16H14F2O2/c1-10-3-6-16(20-2)11(7-10)8-15(19)13-9-12(17)4-5-14(13)18/h3-7,9H,8H2,1-2H3. The summed E-state index contributed by atoms with van der Waals surface area (Å²) in [7, 11) is 1.50. The topological polar surface area (TPSA) is 26.3 Å². The third-order valence-electron chi connectivity index (χ3n) is 3.02. The highest BCUT2D eigenvalue weighted by molar-refractivity contribution is 5.98. The van der Waals surface area contributed by atoms with Crippen molar-refractivity contribution in [3.8, 4) is 5.75 Å². The number of ketones is 1. The smallest absolute Gasteiger partial charge is 0.170 e. The number of ether oxygens (including phenoxy) is 1. The van der Waals surface area contributed by atoms with Crippen molar-refractivity contribution in [3.63, 3.8) is 0 Å². The minimum Gasteiger partial charge on any atom is -0.496 e. The summed E-state index contributed by atoms with van der Waals surface area (Å²) in [6.07, 6.45) is -0.0365. The van der Waals surface area contributed by atoms with E-state index in [1.54, 1.807) is 12.1 Å². The molecule has 0 aliphatic heterocycles. The fourth-order valence-electron chi connectivity index (χ4n) is 2.02. The lowest BCUT2D eigenvalue weighted by molar-refractivity contribution is 0.0987. The Morgan fingerprint density at radius 3 is 2.60 bits per heavy atom. The lowest BCUT2D eigenvalue weighted by Gasteiger charge is -2.09. The number of rotatable bonds is 4. The Labute approximate surface area is 116 Å². The molecular formula is C16H14F2O2. The number of hydrogen-bond acceptors (Lipinski definition) is 2. The zero-order valence-electron chi connectivity index (χ0n) is 11.2. The van der Waals surface area contributed by atoms with Crippen LogP contribution in [0.4, 0.5) is 8.78 Å². The fraction of sp³-hybridized carbons (Fsp3) is 0.188. The van der Waals surface area contributed by atoms with E-state index in [1.165, 1.54) is 7.11 Å². The molecule has 20 heavy (non-hydrogen) atoms. The predicted molar refractivity (Wildman–Crippen MR) is 72.1 cm³/mol. The second-order valence-corrected chi connectivity index (χ2v) is 4.54. The van der Waals surface area contributed by atoms with Gasteiger partial charge in [-0.1, -0.05) is 17.7 Å². The number of benzene rings is 2. The molecule has 0 heterocycles. The Bertz CT molecular complexity index is 651. The molecule has 0 unspecified atom stereocenters. The first kappa shape index (κ1) is 14.2. The maximum atomic E-state index is 13.6. The average Bonchev–Trinajstić information content (AvgIpc) is 2.41. The largest absolute Gasteiger partial charge is 0.496 e. The minimum atomic E-state index is -0.719. The summed E-state index contributed by atoms with van der Waals surface area (Å²) < 4.78 is 31.8. The van der Waals surface area contributed by atoms with Crippen LogP contribution in [-0.2, 0) is 6.42 Å². The quantitative estimate of drug-likeness (QED) is 0.796. The van der Waals surface area contributed by atoms with E-state index < -0.39 is 17.4 Å². The van der Waals surface area contributed by atoms with Gasteiger partial charge in [-0.05, 0) is 31.2 Å². The Hall–Kier alpha value is -2.23. The van der Waals surface area contributed by atoms with Crippen molar-refractivity contribution in [2.45, 2.75) is 13.3 Å². The van der Waals surface area contributed by atoms with E-state index in [-0.39, 0.29) is 12.0 Å². The molecule has 0 radical (unpaired) electrons. The van der Waals surface area contributed by atoms with Gasteiger partial charge in [0.15, 0.2) is 5.78 Å². The molecule has 0 N–H and O–H groups in total. The Morgan fingerprint density at radius 2 is 1.90 bits per heavy atom. The first-order valence-corrected chi connectivity index (χ1v) is 6.13. The van der Waals surface area contributed by atoms with Gasteiger partial charge in [-0.2, -0.15) is 0 Å². The molecule has 0 fully saturated rings. The van der Waals surface area contributed by atoms with Gasteiger partial charge >= 0.3 is 0 Å². The number of Topliss-reactive ketones (excluding diaryl/α,β-unsaturated/α-hetero) is 1. The average molecular weight is 276 g/mol. The maximum absolute atomic E-state index is 13.6. The van der Waals surface area contributed by atoms with Crippen LogP contribution < -0.4 is 4.74 Å². The van der Waals surface area contributed by atoms with Gasteiger partial charge < -0.3 is 4.74 Å². The normalized spacial score (nSPS) is 10.4. The third-order valence-corrected chi connectivity index (χ3v) is 3.02. The Morgan fingerprint density at radius 1 is 1.15 bits per heavy atom. The van der Waals surface area contributed by atoms with Crippen LogP contribution in [0.15, 0.2) is 36.4 Å². The summed E-state index contributed by atoms with van der Waals surface area (Å²) in [5, 5.41) is 0. The first-order valence-electron chi connectivity index (χ1n) is 6.13. The molecule has 0 amide bonds. The molecule has 0 aliphatic carbocycles. The molecule has 0 saturated carbocycles. The fourth-order valence-corrected chi connectivity index (χ4v) is 2.02. The van der Waals surface area contributed by atoms with Crippen molar-refractivity contribution in [3.05, 3.63) is 64.7 Å². The van der Waals surface area contributed by atoms with Gasteiger partial charge in [0.25, 0.3) is 0 Å². The minimum absolute atomic E-state index is 0.0365. The summed E-state index contributed by atoms with van der Waals surface area (Å²) in [5.41, 5.74) is 1.38. The van der Waals surface area contributed by atoms with Crippen LogP contribution in [0.3, 0.4) is 0 Å². The van der Waals surface area contributed by atoms with Crippen molar-refractivity contribution < 1.29 is 18.3 Å². The second kappa shape index (κ2) is 5.82. The van der Waals surface area contributed by atoms with Crippen LogP contribution in [0.1, 0.15) is 21.5 Å². The summed E-state index contributed by atoms with van der Waals surface area (Å²) in [6, 6.07) is 8.26. The highest BCUT2D eigenvalue weighted by atomic mass is 19.1. The van der Waals surface area contributed by atoms with Crippen LogP contribution in [0.25, 0.3) is 0 Å². The van der Waals surface area contributed by atoms with E-state index in [1.807, 2.05) is 13.0 Å². The highest BCUT2D eigenvalue weighted by Gasteiger charge is 2.15. The van der Waals surface area contributed by atoms with Gasteiger partial charge in [0.2, 0.25) is 0 Å². The molecule has 0 spiro atoms. The number of carbonyl (C=O) groups excluding carboxylic acids is 1. The number of halogens is 2. The Balaban J connectivity index is 2.32. The van der Waals surface area contributed by atoms with E-state index in [0.717, 1.165) is 23.8 Å². The number of methoxy groups -OCH3 is 1. The zero-order chi connectivity index (χ0) is 14.7. The zero-order valence-corrected chi connectivity index (χ0v) is 11.2. The van der Waals surface area contributed by atoms with Gasteiger partial charge in [-0.15, -0.1) is 0 Å². The number of hydrogen-bond donors (Lipinski definition) is 0. The first-order chi connectivity index (χ1) is 9.51. The highest BCUT2D eigenvalue weighted by Crippen LogP contribution is 2.22. The molecule has 2 aromatic rings. The molecule has 0 saturated heterocycles. The molecule has 2 nitrogen and oxygen atoms in total. The van der Waals surface area contributed by atoms with Crippen LogP contribution in [0.5, 0.6) is 5.75 Å². The van der Waals surface area contributed by atoms with Crippen molar-refractivity contribution in [2.24, 2.45) is 0 Å². The number of aryl methyl sites for hydroxylation is 1. The van der Waals surface area contributed by atoms with E-state index >= 15 is 0 Å². The lowest BCUT2D eigenvalue weighted by atomic mass is 10.0. The van der Waals surface area contributed by atoms with Gasteiger partial charge in [0.05, 0.1) is 12.7 Å². The molecule has 0 atom stereocenters. The van der Waals surface area contributed by atoms with E-state index in [2.05, 4.69) is 0 Å². The van der Waals surface area contributed by atoms with E-state index in [4.69, 9.17) is 4.74 Å². The second-order valence-electron chi connectivity index (χ2n) is 4.54. The molecule has 104 valence electrons. The number of carbonyl (C=O) groups is 1. The molecule has 2 aromatic carbocycles. The van der Waals surface area contributed by atoms with Gasteiger partial charge in [0, 0.05) is 12.0 Å². The summed E-state index contributed by atoms with van der Waals surface area (Å²) >= 11 is 0.